The molecule has 6 nitrogen and oxygen atoms in total. The Bertz CT molecular complexity index is 1110. The van der Waals surface area contributed by atoms with Crippen LogP contribution < -0.4 is 10.1 Å². The number of Topliss-reactive ketones (excluding diaryl/α,β-unsaturated/α-hetero) is 1. The van der Waals surface area contributed by atoms with Gasteiger partial charge in [0, 0.05) is 17.7 Å². The summed E-state index contributed by atoms with van der Waals surface area (Å²) in [5, 5.41) is 7.74. The minimum atomic E-state index is -0.313. The number of fused-ring (bicyclic) bond motifs is 1. The van der Waals surface area contributed by atoms with Crippen molar-refractivity contribution >= 4 is 11.7 Å². The van der Waals surface area contributed by atoms with Gasteiger partial charge in [-0.25, -0.2) is 4.68 Å². The first-order valence-electron chi connectivity index (χ1n) is 9.76. The first-order valence-corrected chi connectivity index (χ1v) is 9.76. The summed E-state index contributed by atoms with van der Waals surface area (Å²) in [4.78, 5) is 17.5. The van der Waals surface area contributed by atoms with Crippen LogP contribution in [0.3, 0.4) is 0 Å². The normalized spacial score (nSPS) is 19.9. The topological polar surface area (TPSA) is 69.0 Å². The molecule has 5 rings (SSSR count). The molecule has 2 aromatic carbocycles. The van der Waals surface area contributed by atoms with Crippen LogP contribution in [0, 0.1) is 5.41 Å². The van der Waals surface area contributed by atoms with E-state index in [4.69, 9.17) is 4.74 Å². The molecule has 0 saturated carbocycles. The van der Waals surface area contributed by atoms with Gasteiger partial charge in [0.15, 0.2) is 5.78 Å². The van der Waals surface area contributed by atoms with Gasteiger partial charge in [-0.1, -0.05) is 44.2 Å². The van der Waals surface area contributed by atoms with E-state index < -0.39 is 0 Å². The second-order valence-electron chi connectivity index (χ2n) is 8.38. The predicted molar refractivity (Wildman–Crippen MR) is 110 cm³/mol. The molecule has 146 valence electrons. The van der Waals surface area contributed by atoms with E-state index in [2.05, 4.69) is 29.2 Å². The Morgan fingerprint density at radius 1 is 1.07 bits per heavy atom. The lowest BCUT2D eigenvalue weighted by molar-refractivity contribution is -0.118. The SMILES string of the molecule is CC1(C)CC(=O)C2=C(C1)Nc1ncnn1C2c1cccc(Oc2ccccc2)c1. The summed E-state index contributed by atoms with van der Waals surface area (Å²) in [6.45, 7) is 4.25. The summed E-state index contributed by atoms with van der Waals surface area (Å²) in [7, 11) is 0. The standard InChI is InChI=1S/C23H22N4O2/c1-23(2)12-18-20(19(28)13-23)21(27-22(26-18)24-14-25-27)15-7-6-10-17(11-15)29-16-8-4-3-5-9-16/h3-11,14,21H,12-13H2,1-2H3,(H,24,25,26). The van der Waals surface area contributed by atoms with Crippen molar-refractivity contribution in [2.24, 2.45) is 5.41 Å². The van der Waals surface area contributed by atoms with Crippen molar-refractivity contribution in [1.29, 1.82) is 0 Å². The van der Waals surface area contributed by atoms with Gasteiger partial charge >= 0.3 is 0 Å². The zero-order chi connectivity index (χ0) is 20.0. The second kappa shape index (κ2) is 6.58. The average Bonchev–Trinajstić information content (AvgIpc) is 3.14. The summed E-state index contributed by atoms with van der Waals surface area (Å²) in [6.07, 6.45) is 2.85. The number of nitrogens with zero attached hydrogens (tertiary/aromatic N) is 3. The highest BCUT2D eigenvalue weighted by atomic mass is 16.5. The van der Waals surface area contributed by atoms with Gasteiger partial charge in [-0.15, -0.1) is 0 Å². The van der Waals surface area contributed by atoms with Crippen molar-refractivity contribution in [2.75, 3.05) is 5.32 Å². The summed E-state index contributed by atoms with van der Waals surface area (Å²) in [5.41, 5.74) is 2.60. The van der Waals surface area contributed by atoms with Crippen molar-refractivity contribution < 1.29 is 9.53 Å². The van der Waals surface area contributed by atoms with Gasteiger partial charge in [0.25, 0.3) is 0 Å². The molecule has 0 amide bonds. The summed E-state index contributed by atoms with van der Waals surface area (Å²) < 4.78 is 7.80. The highest BCUT2D eigenvalue weighted by molar-refractivity contribution is 6.00. The molecule has 1 N–H and O–H groups in total. The van der Waals surface area contributed by atoms with E-state index in [0.29, 0.717) is 12.4 Å². The number of rotatable bonds is 3. The Hall–Kier alpha value is -3.41. The van der Waals surface area contributed by atoms with Crippen LogP contribution in [-0.4, -0.2) is 20.5 Å². The summed E-state index contributed by atoms with van der Waals surface area (Å²) in [5.74, 6) is 2.31. The van der Waals surface area contributed by atoms with Crippen LogP contribution in [0.25, 0.3) is 0 Å². The molecule has 2 aliphatic rings. The Labute approximate surface area is 169 Å². The lowest BCUT2D eigenvalue weighted by atomic mass is 9.73. The van der Waals surface area contributed by atoms with Crippen LogP contribution in [0.1, 0.15) is 38.3 Å². The molecular formula is C23H22N4O2. The molecule has 1 aliphatic heterocycles. The smallest absolute Gasteiger partial charge is 0.226 e. The van der Waals surface area contributed by atoms with Crippen molar-refractivity contribution in [3.63, 3.8) is 0 Å². The van der Waals surface area contributed by atoms with E-state index in [1.54, 1.807) is 4.68 Å². The van der Waals surface area contributed by atoms with Crippen LogP contribution in [-0.2, 0) is 4.79 Å². The third-order valence-corrected chi connectivity index (χ3v) is 5.43. The first kappa shape index (κ1) is 17.7. The molecule has 1 aromatic heterocycles. The number of carbonyl (C=O) groups is 1. The minimum absolute atomic E-state index is 0.0755. The summed E-state index contributed by atoms with van der Waals surface area (Å²) >= 11 is 0. The third kappa shape index (κ3) is 3.20. The Kier molecular flexibility index (Phi) is 4.01. The zero-order valence-electron chi connectivity index (χ0n) is 16.4. The van der Waals surface area contributed by atoms with Crippen LogP contribution >= 0.6 is 0 Å². The Morgan fingerprint density at radius 2 is 1.86 bits per heavy atom. The number of para-hydroxylation sites is 1. The first-order chi connectivity index (χ1) is 14.0. The van der Waals surface area contributed by atoms with Gasteiger partial charge in [-0.05, 0) is 41.7 Å². The van der Waals surface area contributed by atoms with Gasteiger partial charge in [0.05, 0.1) is 0 Å². The molecule has 0 saturated heterocycles. The maximum Gasteiger partial charge on any atom is 0.226 e. The van der Waals surface area contributed by atoms with Gasteiger partial charge in [0.1, 0.15) is 23.9 Å². The lowest BCUT2D eigenvalue weighted by Crippen LogP contribution is -2.36. The number of nitrogens with one attached hydrogen (secondary N) is 1. The maximum atomic E-state index is 13.1. The molecule has 3 aromatic rings. The monoisotopic (exact) mass is 386 g/mol. The minimum Gasteiger partial charge on any atom is -0.457 e. The second-order valence-corrected chi connectivity index (χ2v) is 8.38. The van der Waals surface area contributed by atoms with E-state index in [-0.39, 0.29) is 17.2 Å². The molecule has 0 bridgehead atoms. The molecule has 1 aliphatic carbocycles. The van der Waals surface area contributed by atoms with Gasteiger partial charge < -0.3 is 10.1 Å². The summed E-state index contributed by atoms with van der Waals surface area (Å²) in [6, 6.07) is 17.2. The van der Waals surface area contributed by atoms with Crippen molar-refractivity contribution in [3.8, 4) is 11.5 Å². The van der Waals surface area contributed by atoms with E-state index in [0.717, 1.165) is 34.8 Å². The van der Waals surface area contributed by atoms with Crippen LogP contribution in [0.4, 0.5) is 5.95 Å². The average molecular weight is 386 g/mol. The zero-order valence-corrected chi connectivity index (χ0v) is 16.4. The molecule has 1 atom stereocenters. The number of ether oxygens (including phenoxy) is 1. The third-order valence-electron chi connectivity index (χ3n) is 5.43. The van der Waals surface area contributed by atoms with E-state index in [1.807, 2.05) is 54.6 Å². The predicted octanol–water partition coefficient (Wildman–Crippen LogP) is 4.73. The van der Waals surface area contributed by atoms with Gasteiger partial charge in [-0.2, -0.15) is 10.1 Å². The van der Waals surface area contributed by atoms with Gasteiger partial charge in [-0.3, -0.25) is 4.79 Å². The van der Waals surface area contributed by atoms with Crippen molar-refractivity contribution in [2.45, 2.75) is 32.7 Å². The number of anilines is 1. The number of hydrogen-bond acceptors (Lipinski definition) is 5. The lowest BCUT2D eigenvalue weighted by Gasteiger charge is -2.38. The van der Waals surface area contributed by atoms with E-state index in [1.165, 1.54) is 6.33 Å². The number of benzene rings is 2. The van der Waals surface area contributed by atoms with Gasteiger partial charge in [0.2, 0.25) is 5.95 Å². The molecule has 1 unspecified atom stereocenters. The molecular weight excluding hydrogens is 364 g/mol. The number of carbonyl (C=O) groups excluding carboxylic acids is 1. The Balaban J connectivity index is 1.58. The fraction of sp³-hybridized carbons (Fsp3) is 0.261. The molecule has 0 fully saturated rings. The number of hydrogen-bond donors (Lipinski definition) is 1. The fourth-order valence-corrected chi connectivity index (χ4v) is 4.23. The molecule has 2 heterocycles. The number of allylic oxidation sites excluding steroid dienone is 2. The van der Waals surface area contributed by atoms with Crippen molar-refractivity contribution in [1.82, 2.24) is 14.8 Å². The van der Waals surface area contributed by atoms with Crippen LogP contribution in [0.15, 0.2) is 72.2 Å². The highest BCUT2D eigenvalue weighted by Gasteiger charge is 2.41. The van der Waals surface area contributed by atoms with Crippen molar-refractivity contribution in [3.05, 3.63) is 77.8 Å². The largest absolute Gasteiger partial charge is 0.457 e. The Morgan fingerprint density at radius 3 is 2.69 bits per heavy atom. The molecule has 29 heavy (non-hydrogen) atoms. The molecule has 0 radical (unpaired) electrons. The fourth-order valence-electron chi connectivity index (χ4n) is 4.23. The number of ketones is 1. The highest BCUT2D eigenvalue weighted by Crippen LogP contribution is 2.45. The number of aromatic nitrogens is 3. The van der Waals surface area contributed by atoms with Crippen LogP contribution in [0.5, 0.6) is 11.5 Å². The molecule has 0 spiro atoms. The van der Waals surface area contributed by atoms with E-state index >= 15 is 0 Å². The molecule has 6 heteroatoms. The van der Waals surface area contributed by atoms with Crippen LogP contribution in [0.2, 0.25) is 0 Å². The maximum absolute atomic E-state index is 13.1. The quantitative estimate of drug-likeness (QED) is 0.705. The van der Waals surface area contributed by atoms with E-state index in [9.17, 15) is 4.79 Å².